The summed E-state index contributed by atoms with van der Waals surface area (Å²) < 4.78 is 6.65. The maximum atomic E-state index is 13.2. The first-order valence-electron chi connectivity index (χ1n) is 11.1. The van der Waals surface area contributed by atoms with Crippen LogP contribution >= 0.6 is 15.9 Å². The molecule has 0 spiro atoms. The molecule has 2 amide bonds. The van der Waals surface area contributed by atoms with E-state index in [4.69, 9.17) is 4.74 Å². The zero-order valence-electron chi connectivity index (χ0n) is 20.0. The van der Waals surface area contributed by atoms with Gasteiger partial charge in [0.2, 0.25) is 5.91 Å². The molecule has 6 heteroatoms. The molecule has 2 rings (SSSR count). The molecule has 1 N–H and O–H groups in total. The molecular formula is C26H35BrN2O3. The summed E-state index contributed by atoms with van der Waals surface area (Å²) in [4.78, 5) is 27.3. The zero-order chi connectivity index (χ0) is 23.9. The first-order valence-corrected chi connectivity index (χ1v) is 11.9. The lowest BCUT2D eigenvalue weighted by Gasteiger charge is -2.29. The molecule has 174 valence electrons. The third-order valence-corrected chi connectivity index (χ3v) is 5.96. The minimum absolute atomic E-state index is 0.0169. The van der Waals surface area contributed by atoms with Crippen LogP contribution in [0.5, 0.6) is 5.75 Å². The number of aryl methyl sites for hydroxylation is 1. The lowest BCUT2D eigenvalue weighted by atomic mass is 9.87. The number of hydrogen-bond donors (Lipinski definition) is 1. The molecule has 0 unspecified atom stereocenters. The molecule has 2 aromatic rings. The number of ether oxygens (including phenoxy) is 1. The predicted octanol–water partition coefficient (Wildman–Crippen LogP) is 5.38. The average molecular weight is 503 g/mol. The van der Waals surface area contributed by atoms with E-state index < -0.39 is 6.04 Å². The predicted molar refractivity (Wildman–Crippen MR) is 133 cm³/mol. The van der Waals surface area contributed by atoms with Crippen LogP contribution in [0.25, 0.3) is 0 Å². The van der Waals surface area contributed by atoms with Crippen LogP contribution in [0, 0.1) is 6.92 Å². The summed E-state index contributed by atoms with van der Waals surface area (Å²) in [5, 5.41) is 2.88. The van der Waals surface area contributed by atoms with Crippen LogP contribution in [0.2, 0.25) is 0 Å². The monoisotopic (exact) mass is 502 g/mol. The van der Waals surface area contributed by atoms with E-state index in [1.165, 1.54) is 5.56 Å². The maximum absolute atomic E-state index is 13.2. The summed E-state index contributed by atoms with van der Waals surface area (Å²) in [6, 6.07) is 13.3. The van der Waals surface area contributed by atoms with Gasteiger partial charge in [-0.25, -0.2) is 0 Å². The van der Waals surface area contributed by atoms with Gasteiger partial charge >= 0.3 is 0 Å². The second-order valence-corrected chi connectivity index (χ2v) is 10.0. The van der Waals surface area contributed by atoms with Crippen molar-refractivity contribution in [3.63, 3.8) is 0 Å². The van der Waals surface area contributed by atoms with Crippen molar-refractivity contribution in [2.24, 2.45) is 0 Å². The molecule has 5 nitrogen and oxygen atoms in total. The highest BCUT2D eigenvalue weighted by atomic mass is 79.9. The number of rotatable bonds is 9. The summed E-state index contributed by atoms with van der Waals surface area (Å²) in [5.41, 5.74) is 3.30. The summed E-state index contributed by atoms with van der Waals surface area (Å²) in [6.45, 7) is 13.0. The van der Waals surface area contributed by atoms with Gasteiger partial charge in [-0.3, -0.25) is 9.59 Å². The molecule has 1 atom stereocenters. The highest BCUT2D eigenvalue weighted by Gasteiger charge is 2.26. The molecule has 0 radical (unpaired) electrons. The van der Waals surface area contributed by atoms with Crippen LogP contribution in [0.15, 0.2) is 46.9 Å². The van der Waals surface area contributed by atoms with E-state index in [1.54, 1.807) is 11.8 Å². The van der Waals surface area contributed by atoms with Crippen LogP contribution in [0.4, 0.5) is 0 Å². The molecule has 0 saturated carbocycles. The van der Waals surface area contributed by atoms with Crippen LogP contribution in [0.3, 0.4) is 0 Å². The smallest absolute Gasteiger partial charge is 0.261 e. The lowest BCUT2D eigenvalue weighted by molar-refractivity contribution is -0.142. The maximum Gasteiger partial charge on any atom is 0.261 e. The Hall–Kier alpha value is -2.34. The molecular weight excluding hydrogens is 468 g/mol. The lowest BCUT2D eigenvalue weighted by Crippen LogP contribution is -2.49. The van der Waals surface area contributed by atoms with Crippen molar-refractivity contribution >= 4 is 27.7 Å². The second-order valence-electron chi connectivity index (χ2n) is 9.16. The number of amides is 2. The molecule has 0 bridgehead atoms. The van der Waals surface area contributed by atoms with Crippen LogP contribution < -0.4 is 10.1 Å². The van der Waals surface area contributed by atoms with Crippen molar-refractivity contribution in [1.82, 2.24) is 10.2 Å². The van der Waals surface area contributed by atoms with E-state index in [0.29, 0.717) is 18.8 Å². The van der Waals surface area contributed by atoms with Crippen molar-refractivity contribution in [3.8, 4) is 5.75 Å². The van der Waals surface area contributed by atoms with Crippen molar-refractivity contribution in [1.29, 1.82) is 0 Å². The quantitative estimate of drug-likeness (QED) is 0.500. The van der Waals surface area contributed by atoms with Gasteiger partial charge in [-0.05, 0) is 64.9 Å². The largest absolute Gasteiger partial charge is 0.483 e. The Labute approximate surface area is 200 Å². The number of nitrogens with zero attached hydrogens (tertiary/aromatic N) is 1. The summed E-state index contributed by atoms with van der Waals surface area (Å²) >= 11 is 3.55. The Morgan fingerprint density at radius 1 is 1.12 bits per heavy atom. The van der Waals surface area contributed by atoms with Gasteiger partial charge in [-0.2, -0.15) is 0 Å². The van der Waals surface area contributed by atoms with Crippen molar-refractivity contribution in [3.05, 3.63) is 63.6 Å². The van der Waals surface area contributed by atoms with Gasteiger partial charge < -0.3 is 15.0 Å². The Balaban J connectivity index is 2.16. The van der Waals surface area contributed by atoms with Crippen molar-refractivity contribution in [2.75, 3.05) is 13.2 Å². The molecule has 0 fully saturated rings. The molecule has 0 aromatic heterocycles. The van der Waals surface area contributed by atoms with Gasteiger partial charge in [-0.15, -0.1) is 0 Å². The highest BCUT2D eigenvalue weighted by Crippen LogP contribution is 2.31. The van der Waals surface area contributed by atoms with E-state index in [2.05, 4.69) is 42.0 Å². The fourth-order valence-corrected chi connectivity index (χ4v) is 3.67. The number of carbonyl (C=O) groups excluding carboxylic acids is 2. The van der Waals surface area contributed by atoms with E-state index in [-0.39, 0.29) is 23.8 Å². The summed E-state index contributed by atoms with van der Waals surface area (Å²) in [6.07, 6.45) is 0.839. The van der Waals surface area contributed by atoms with E-state index >= 15 is 0 Å². The van der Waals surface area contributed by atoms with Crippen molar-refractivity contribution in [2.45, 2.75) is 66.0 Å². The highest BCUT2D eigenvalue weighted by molar-refractivity contribution is 9.10. The number of benzene rings is 2. The molecule has 2 aromatic carbocycles. The van der Waals surface area contributed by atoms with Gasteiger partial charge in [0.05, 0.1) is 4.47 Å². The molecule has 0 saturated heterocycles. The number of nitrogens with one attached hydrogen (secondary N) is 1. The van der Waals surface area contributed by atoms with Gasteiger partial charge in [-0.1, -0.05) is 63.6 Å². The fraction of sp³-hybridized carbons (Fsp3) is 0.462. The Morgan fingerprint density at radius 2 is 1.78 bits per heavy atom. The molecule has 0 heterocycles. The summed E-state index contributed by atoms with van der Waals surface area (Å²) in [7, 11) is 0. The Bertz CT molecular complexity index is 920. The first kappa shape index (κ1) is 25.9. The number of halogens is 1. The van der Waals surface area contributed by atoms with E-state index in [9.17, 15) is 9.59 Å². The van der Waals surface area contributed by atoms with Gasteiger partial charge in [0.25, 0.3) is 5.91 Å². The molecule has 0 aliphatic heterocycles. The van der Waals surface area contributed by atoms with Gasteiger partial charge in [0.1, 0.15) is 11.8 Å². The van der Waals surface area contributed by atoms with Crippen molar-refractivity contribution < 1.29 is 14.3 Å². The Morgan fingerprint density at radius 3 is 2.34 bits per heavy atom. The van der Waals surface area contributed by atoms with Crippen LogP contribution in [0.1, 0.15) is 57.7 Å². The third-order valence-electron chi connectivity index (χ3n) is 5.34. The van der Waals surface area contributed by atoms with Gasteiger partial charge in [0.15, 0.2) is 6.61 Å². The van der Waals surface area contributed by atoms with E-state index in [1.807, 2.05) is 56.3 Å². The average Bonchev–Trinajstić information content (AvgIpc) is 2.74. The van der Waals surface area contributed by atoms with E-state index in [0.717, 1.165) is 22.0 Å². The Kier molecular flexibility index (Phi) is 9.32. The van der Waals surface area contributed by atoms with Crippen LogP contribution in [-0.4, -0.2) is 35.9 Å². The first-order chi connectivity index (χ1) is 15.0. The zero-order valence-corrected chi connectivity index (χ0v) is 21.6. The minimum Gasteiger partial charge on any atom is -0.483 e. The molecule has 0 aliphatic rings. The normalized spacial score (nSPS) is 12.2. The SMILES string of the molecule is CCCNC(=O)[C@@H](C)N(Cc1ccc(C)cc1)C(=O)COc1ccc(C(C)(C)C)cc1Br. The molecule has 32 heavy (non-hydrogen) atoms. The minimum atomic E-state index is -0.606. The number of hydrogen-bond acceptors (Lipinski definition) is 3. The summed E-state index contributed by atoms with van der Waals surface area (Å²) in [5.74, 6) is 0.198. The van der Waals surface area contributed by atoms with Gasteiger partial charge in [0, 0.05) is 13.1 Å². The number of carbonyl (C=O) groups is 2. The third kappa shape index (κ3) is 7.37. The van der Waals surface area contributed by atoms with Crippen LogP contribution in [-0.2, 0) is 21.5 Å². The molecule has 0 aliphatic carbocycles. The fourth-order valence-electron chi connectivity index (χ4n) is 3.18. The second kappa shape index (κ2) is 11.5. The topological polar surface area (TPSA) is 58.6 Å². The standard InChI is InChI=1S/C26H35BrN2O3/c1-7-14-28-25(31)19(3)29(16-20-10-8-18(2)9-11-20)24(30)17-32-23-13-12-21(15-22(23)27)26(4,5)6/h8-13,15,19H,7,14,16-17H2,1-6H3,(H,28,31)/t19-/m1/s1.